The largest absolute Gasteiger partial charge is 0.273 e. The fraction of sp³-hybridized carbons (Fsp3) is 0.130. The molecule has 3 aromatic carbocycles. The quantitative estimate of drug-likeness (QED) is 0.483. The molecule has 3 aromatic rings. The zero-order valence-corrected chi connectivity index (χ0v) is 18.0. The lowest BCUT2D eigenvalue weighted by Gasteiger charge is -2.28. The van der Waals surface area contributed by atoms with Crippen LogP contribution in [-0.4, -0.2) is 17.9 Å². The summed E-state index contributed by atoms with van der Waals surface area (Å²) < 4.78 is 0.891. The maximum Gasteiger partial charge on any atom is 0.266 e. The monoisotopic (exact) mass is 482 g/mol. The lowest BCUT2D eigenvalue weighted by atomic mass is 9.90. The number of imide groups is 1. The Morgan fingerprint density at radius 2 is 1.57 bits per heavy atom. The van der Waals surface area contributed by atoms with Gasteiger partial charge in [-0.3, -0.25) is 14.4 Å². The van der Waals surface area contributed by atoms with E-state index in [1.54, 1.807) is 29.3 Å². The Balaban J connectivity index is 1.59. The van der Waals surface area contributed by atoms with Gasteiger partial charge in [-0.25, -0.2) is 9.96 Å². The molecule has 2 aliphatic heterocycles. The summed E-state index contributed by atoms with van der Waals surface area (Å²) in [6, 6.07) is 23.5. The van der Waals surface area contributed by atoms with Crippen molar-refractivity contribution < 1.29 is 14.4 Å². The number of fused-ring (bicyclic) bond motifs is 1. The van der Waals surface area contributed by atoms with Gasteiger partial charge in [0.1, 0.15) is 5.92 Å². The molecule has 2 amide bonds. The predicted octanol–water partition coefficient (Wildman–Crippen LogP) is 5.15. The number of carbonyl (C=O) groups is 2. The minimum absolute atomic E-state index is 0.282. The first-order valence-electron chi connectivity index (χ1n) is 9.44. The van der Waals surface area contributed by atoms with Crippen LogP contribution in [0.3, 0.4) is 0 Å². The van der Waals surface area contributed by atoms with E-state index >= 15 is 0 Å². The van der Waals surface area contributed by atoms with E-state index in [0.29, 0.717) is 10.7 Å². The number of nitrogens with zero attached hydrogens (tertiary/aromatic N) is 2. The van der Waals surface area contributed by atoms with Crippen LogP contribution < -0.4 is 9.96 Å². The smallest absolute Gasteiger partial charge is 0.266 e. The number of para-hydroxylation sites is 1. The first-order valence-corrected chi connectivity index (χ1v) is 10.6. The molecule has 0 radical (unpaired) electrons. The summed E-state index contributed by atoms with van der Waals surface area (Å²) in [5, 5.41) is 2.23. The second-order valence-electron chi connectivity index (χ2n) is 7.20. The van der Waals surface area contributed by atoms with Crippen molar-refractivity contribution in [3.8, 4) is 0 Å². The van der Waals surface area contributed by atoms with Crippen LogP contribution in [0.1, 0.15) is 11.6 Å². The highest BCUT2D eigenvalue weighted by atomic mass is 79.9. The van der Waals surface area contributed by atoms with E-state index in [1.807, 2.05) is 54.6 Å². The number of hydrogen-bond acceptors (Lipinski definition) is 4. The molecule has 150 valence electrons. The molecule has 7 heteroatoms. The minimum Gasteiger partial charge on any atom is -0.273 e. The van der Waals surface area contributed by atoms with Gasteiger partial charge in [0.2, 0.25) is 5.91 Å². The van der Waals surface area contributed by atoms with Crippen molar-refractivity contribution >= 4 is 50.7 Å². The molecular formula is C23H16BrClN2O3. The van der Waals surface area contributed by atoms with Crippen molar-refractivity contribution in [2.75, 3.05) is 9.96 Å². The SMILES string of the molecule is O=C1[C@@H]2[C@H](ON(c3ccccc3)[C@H]2c2cccc(Br)c2)C(=O)N1c1ccc(Cl)cc1. The number of halogens is 2. The van der Waals surface area contributed by atoms with Gasteiger partial charge in [0.25, 0.3) is 5.91 Å². The van der Waals surface area contributed by atoms with E-state index in [0.717, 1.165) is 15.7 Å². The van der Waals surface area contributed by atoms with Crippen molar-refractivity contribution in [1.29, 1.82) is 0 Å². The summed E-state index contributed by atoms with van der Waals surface area (Å²) in [5.41, 5.74) is 2.17. The molecule has 5 nitrogen and oxygen atoms in total. The van der Waals surface area contributed by atoms with Crippen molar-refractivity contribution in [3.05, 3.63) is 93.9 Å². The summed E-state index contributed by atoms with van der Waals surface area (Å²) in [5.74, 6) is -1.32. The van der Waals surface area contributed by atoms with Gasteiger partial charge in [-0.1, -0.05) is 57.9 Å². The second-order valence-corrected chi connectivity index (χ2v) is 8.55. The number of hydroxylamine groups is 1. The number of amides is 2. The lowest BCUT2D eigenvalue weighted by molar-refractivity contribution is -0.126. The molecular weight excluding hydrogens is 468 g/mol. The Labute approximate surface area is 186 Å². The number of rotatable bonds is 3. The lowest BCUT2D eigenvalue weighted by Crippen LogP contribution is -2.37. The van der Waals surface area contributed by atoms with E-state index in [2.05, 4.69) is 15.9 Å². The Hall–Kier alpha value is -2.67. The average Bonchev–Trinajstić information content (AvgIpc) is 3.26. The van der Waals surface area contributed by atoms with Crippen LogP contribution in [0.2, 0.25) is 5.02 Å². The average molecular weight is 484 g/mol. The van der Waals surface area contributed by atoms with Crippen LogP contribution in [0, 0.1) is 5.92 Å². The number of carbonyl (C=O) groups excluding carboxylic acids is 2. The van der Waals surface area contributed by atoms with Gasteiger partial charge < -0.3 is 0 Å². The molecule has 2 saturated heterocycles. The summed E-state index contributed by atoms with van der Waals surface area (Å²) in [7, 11) is 0. The maximum absolute atomic E-state index is 13.5. The maximum atomic E-state index is 13.5. The summed E-state index contributed by atoms with van der Waals surface area (Å²) in [6.07, 6.45) is -0.891. The third kappa shape index (κ3) is 3.12. The van der Waals surface area contributed by atoms with Gasteiger partial charge in [0.15, 0.2) is 6.10 Å². The van der Waals surface area contributed by atoms with Crippen LogP contribution in [0.15, 0.2) is 83.3 Å². The molecule has 2 fully saturated rings. The summed E-state index contributed by atoms with van der Waals surface area (Å²) in [4.78, 5) is 34.0. The van der Waals surface area contributed by atoms with Crippen molar-refractivity contribution in [3.63, 3.8) is 0 Å². The first-order chi connectivity index (χ1) is 14.5. The van der Waals surface area contributed by atoms with Gasteiger partial charge in [-0.2, -0.15) is 0 Å². The molecule has 0 N–H and O–H groups in total. The molecule has 0 saturated carbocycles. The minimum atomic E-state index is -0.891. The molecule has 0 spiro atoms. The number of hydrogen-bond donors (Lipinski definition) is 0. The topological polar surface area (TPSA) is 49.9 Å². The standard InChI is InChI=1S/C23H16BrClN2O3/c24-15-6-4-5-14(13-15)20-19-21(30-27(20)18-7-2-1-3-8-18)23(29)26(22(19)28)17-11-9-16(25)10-12-17/h1-13,19-21H/t19-,20-,21-/m0/s1. The van der Waals surface area contributed by atoms with Crippen molar-refractivity contribution in [2.24, 2.45) is 5.92 Å². The van der Waals surface area contributed by atoms with Crippen LogP contribution in [0.4, 0.5) is 11.4 Å². The van der Waals surface area contributed by atoms with E-state index < -0.39 is 18.1 Å². The van der Waals surface area contributed by atoms with Gasteiger partial charge in [-0.15, -0.1) is 0 Å². The highest BCUT2D eigenvalue weighted by Gasteiger charge is 2.60. The van der Waals surface area contributed by atoms with Crippen LogP contribution in [0.5, 0.6) is 0 Å². The Morgan fingerprint density at radius 1 is 0.833 bits per heavy atom. The van der Waals surface area contributed by atoms with Gasteiger partial charge in [0.05, 0.1) is 17.4 Å². The molecule has 0 aliphatic carbocycles. The second kappa shape index (κ2) is 7.54. The molecule has 0 unspecified atom stereocenters. The number of anilines is 2. The third-order valence-electron chi connectivity index (χ3n) is 5.40. The fourth-order valence-electron chi connectivity index (χ4n) is 4.09. The van der Waals surface area contributed by atoms with Crippen LogP contribution in [0.25, 0.3) is 0 Å². The molecule has 2 heterocycles. The zero-order chi connectivity index (χ0) is 20.8. The highest BCUT2D eigenvalue weighted by Crippen LogP contribution is 2.47. The van der Waals surface area contributed by atoms with Crippen molar-refractivity contribution in [1.82, 2.24) is 0 Å². The fourth-order valence-corrected chi connectivity index (χ4v) is 4.63. The van der Waals surface area contributed by atoms with Gasteiger partial charge >= 0.3 is 0 Å². The van der Waals surface area contributed by atoms with E-state index in [9.17, 15) is 9.59 Å². The molecule has 2 aliphatic rings. The first kappa shape index (κ1) is 19.3. The highest BCUT2D eigenvalue weighted by molar-refractivity contribution is 9.10. The molecule has 30 heavy (non-hydrogen) atoms. The van der Waals surface area contributed by atoms with Crippen LogP contribution in [-0.2, 0) is 14.4 Å². The van der Waals surface area contributed by atoms with Crippen molar-refractivity contribution in [2.45, 2.75) is 12.1 Å². The zero-order valence-electron chi connectivity index (χ0n) is 15.6. The summed E-state index contributed by atoms with van der Waals surface area (Å²) >= 11 is 9.47. The Morgan fingerprint density at radius 3 is 2.27 bits per heavy atom. The van der Waals surface area contributed by atoms with Gasteiger partial charge in [-0.05, 0) is 54.1 Å². The molecule has 0 bridgehead atoms. The number of benzene rings is 3. The Bertz CT molecular complexity index is 1120. The summed E-state index contributed by atoms with van der Waals surface area (Å²) in [6.45, 7) is 0. The molecule has 3 atom stereocenters. The molecule has 5 rings (SSSR count). The molecule has 0 aromatic heterocycles. The Kier molecular flexibility index (Phi) is 4.85. The van der Waals surface area contributed by atoms with E-state index in [4.69, 9.17) is 16.4 Å². The van der Waals surface area contributed by atoms with E-state index in [1.165, 1.54) is 4.90 Å². The normalized spacial score (nSPS) is 23.2. The van der Waals surface area contributed by atoms with Crippen LogP contribution >= 0.6 is 27.5 Å². The van der Waals surface area contributed by atoms with Gasteiger partial charge in [0, 0.05) is 9.50 Å². The van der Waals surface area contributed by atoms with E-state index in [-0.39, 0.29) is 11.8 Å². The third-order valence-corrected chi connectivity index (χ3v) is 6.15. The predicted molar refractivity (Wildman–Crippen MR) is 118 cm³/mol.